The van der Waals surface area contributed by atoms with Crippen LogP contribution in [0.25, 0.3) is 0 Å². The number of hydrogen-bond acceptors (Lipinski definition) is 3. The van der Waals surface area contributed by atoms with E-state index in [-0.39, 0.29) is 0 Å². The largest absolute Gasteiger partial charge is 0.449 e. The van der Waals surface area contributed by atoms with Crippen LogP contribution < -0.4 is 5.32 Å². The van der Waals surface area contributed by atoms with Crippen LogP contribution in [-0.2, 0) is 6.54 Å². The molecule has 0 amide bonds. The highest BCUT2D eigenvalue weighted by atomic mass is 16.3. The topological polar surface area (TPSA) is 49.0 Å². The van der Waals surface area contributed by atoms with Crippen LogP contribution in [0.1, 0.15) is 44.1 Å². The van der Waals surface area contributed by atoms with Gasteiger partial charge in [0.1, 0.15) is 11.8 Å². The van der Waals surface area contributed by atoms with E-state index in [9.17, 15) is 0 Å². The van der Waals surface area contributed by atoms with Crippen molar-refractivity contribution in [2.24, 2.45) is 5.41 Å². The van der Waals surface area contributed by atoms with E-state index < -0.39 is 0 Å². The summed E-state index contributed by atoms with van der Waals surface area (Å²) < 4.78 is 5.31. The maximum Gasteiger partial charge on any atom is 0.203 e. The summed E-state index contributed by atoms with van der Waals surface area (Å²) in [6, 6.07) is 5.58. The van der Waals surface area contributed by atoms with E-state index in [0.717, 1.165) is 18.8 Å². The van der Waals surface area contributed by atoms with Gasteiger partial charge in [0.15, 0.2) is 0 Å². The van der Waals surface area contributed by atoms with Crippen molar-refractivity contribution in [3.8, 4) is 6.07 Å². The predicted molar refractivity (Wildman–Crippen MR) is 61.7 cm³/mol. The van der Waals surface area contributed by atoms with Crippen molar-refractivity contribution in [3.63, 3.8) is 0 Å². The van der Waals surface area contributed by atoms with Gasteiger partial charge >= 0.3 is 0 Å². The van der Waals surface area contributed by atoms with Crippen LogP contribution in [0.15, 0.2) is 16.5 Å². The summed E-state index contributed by atoms with van der Waals surface area (Å²) in [6.45, 7) is 4.05. The summed E-state index contributed by atoms with van der Waals surface area (Å²) in [4.78, 5) is 0. The van der Waals surface area contributed by atoms with Crippen molar-refractivity contribution >= 4 is 0 Å². The minimum atomic E-state index is 0.394. The molecule has 2 rings (SSSR count). The molecule has 0 bridgehead atoms. The molecule has 1 aromatic rings. The first-order valence-corrected chi connectivity index (χ1v) is 5.97. The summed E-state index contributed by atoms with van der Waals surface area (Å²) in [6.07, 6.45) is 5.31. The standard InChI is InChI=1S/C13H18N2O/c1-2-13(6-3-7-13)10-15-9-12-5-4-11(8-14)16-12/h4-5,15H,2-3,6-7,9-10H2,1H3. The van der Waals surface area contributed by atoms with Gasteiger partial charge in [0.05, 0.1) is 6.54 Å². The van der Waals surface area contributed by atoms with Gasteiger partial charge in [0.2, 0.25) is 5.76 Å². The zero-order valence-corrected chi connectivity index (χ0v) is 9.75. The third-order valence-corrected chi connectivity index (χ3v) is 3.74. The van der Waals surface area contributed by atoms with Gasteiger partial charge in [-0.25, -0.2) is 0 Å². The average molecular weight is 218 g/mol. The zero-order chi connectivity index (χ0) is 11.4. The summed E-state index contributed by atoms with van der Waals surface area (Å²) in [7, 11) is 0. The van der Waals surface area contributed by atoms with E-state index in [0.29, 0.717) is 11.2 Å². The summed E-state index contributed by atoms with van der Waals surface area (Å²) in [5.41, 5.74) is 0.532. The minimum Gasteiger partial charge on any atom is -0.449 e. The van der Waals surface area contributed by atoms with Crippen LogP contribution in [0.3, 0.4) is 0 Å². The molecule has 1 fully saturated rings. The van der Waals surface area contributed by atoms with Gasteiger partial charge in [-0.3, -0.25) is 0 Å². The quantitative estimate of drug-likeness (QED) is 0.826. The molecule has 1 aliphatic carbocycles. The van der Waals surface area contributed by atoms with Crippen molar-refractivity contribution in [1.29, 1.82) is 5.26 Å². The Kier molecular flexibility index (Phi) is 3.31. The molecule has 3 nitrogen and oxygen atoms in total. The lowest BCUT2D eigenvalue weighted by Gasteiger charge is -2.41. The van der Waals surface area contributed by atoms with Crippen molar-refractivity contribution in [2.75, 3.05) is 6.54 Å². The van der Waals surface area contributed by atoms with Crippen LogP contribution in [0.2, 0.25) is 0 Å². The molecule has 0 spiro atoms. The van der Waals surface area contributed by atoms with Gasteiger partial charge < -0.3 is 9.73 Å². The molecule has 1 N–H and O–H groups in total. The molecule has 1 aromatic heterocycles. The molecular formula is C13H18N2O. The van der Waals surface area contributed by atoms with E-state index in [4.69, 9.17) is 9.68 Å². The molecule has 16 heavy (non-hydrogen) atoms. The number of rotatable bonds is 5. The smallest absolute Gasteiger partial charge is 0.203 e. The first-order chi connectivity index (χ1) is 7.78. The Morgan fingerprint density at radius 3 is 2.81 bits per heavy atom. The Labute approximate surface area is 96.4 Å². The first kappa shape index (κ1) is 11.2. The average Bonchev–Trinajstić information content (AvgIpc) is 2.70. The molecule has 1 aliphatic rings. The summed E-state index contributed by atoms with van der Waals surface area (Å²) >= 11 is 0. The van der Waals surface area contributed by atoms with Crippen molar-refractivity contribution < 1.29 is 4.42 Å². The van der Waals surface area contributed by atoms with Crippen molar-refractivity contribution in [3.05, 3.63) is 23.7 Å². The predicted octanol–water partition coefficient (Wildman–Crippen LogP) is 2.82. The Morgan fingerprint density at radius 1 is 1.50 bits per heavy atom. The second kappa shape index (κ2) is 4.71. The minimum absolute atomic E-state index is 0.394. The van der Waals surface area contributed by atoms with Gasteiger partial charge in [-0.15, -0.1) is 0 Å². The Hall–Kier alpha value is -1.27. The molecule has 0 aliphatic heterocycles. The molecule has 0 radical (unpaired) electrons. The lowest BCUT2D eigenvalue weighted by Crippen LogP contribution is -2.39. The van der Waals surface area contributed by atoms with Crippen LogP contribution >= 0.6 is 0 Å². The summed E-state index contributed by atoms with van der Waals surface area (Å²) in [5.74, 6) is 1.24. The molecule has 0 saturated heterocycles. The van der Waals surface area contributed by atoms with E-state index in [2.05, 4.69) is 12.2 Å². The van der Waals surface area contributed by atoms with Crippen LogP contribution in [0.4, 0.5) is 0 Å². The number of furan rings is 1. The second-order valence-electron chi connectivity index (χ2n) is 4.69. The fraction of sp³-hybridized carbons (Fsp3) is 0.615. The molecule has 1 saturated carbocycles. The Balaban J connectivity index is 1.77. The lowest BCUT2D eigenvalue weighted by molar-refractivity contribution is 0.123. The van der Waals surface area contributed by atoms with Crippen LogP contribution in [0, 0.1) is 16.7 Å². The fourth-order valence-corrected chi connectivity index (χ4v) is 2.32. The zero-order valence-electron chi connectivity index (χ0n) is 9.75. The third-order valence-electron chi connectivity index (χ3n) is 3.74. The Morgan fingerprint density at radius 2 is 2.31 bits per heavy atom. The van der Waals surface area contributed by atoms with E-state index >= 15 is 0 Å². The number of nitriles is 1. The Bertz CT molecular complexity index is 379. The maximum atomic E-state index is 8.63. The molecule has 0 atom stereocenters. The van der Waals surface area contributed by atoms with E-state index in [1.807, 2.05) is 12.1 Å². The van der Waals surface area contributed by atoms with Crippen molar-refractivity contribution in [1.82, 2.24) is 5.32 Å². The normalized spacial score (nSPS) is 17.8. The molecule has 1 heterocycles. The van der Waals surface area contributed by atoms with Gasteiger partial charge in [0.25, 0.3) is 0 Å². The molecule has 0 unspecified atom stereocenters. The lowest BCUT2D eigenvalue weighted by atomic mass is 9.67. The molecule has 0 aromatic carbocycles. The van der Waals surface area contributed by atoms with Crippen molar-refractivity contribution in [2.45, 2.75) is 39.2 Å². The van der Waals surface area contributed by atoms with Gasteiger partial charge in [-0.1, -0.05) is 13.3 Å². The third kappa shape index (κ3) is 2.28. The number of hydrogen-bond donors (Lipinski definition) is 1. The highest BCUT2D eigenvalue weighted by molar-refractivity contribution is 5.18. The van der Waals surface area contributed by atoms with Gasteiger partial charge in [0, 0.05) is 6.54 Å². The second-order valence-corrected chi connectivity index (χ2v) is 4.69. The van der Waals surface area contributed by atoms with Crippen LogP contribution in [-0.4, -0.2) is 6.54 Å². The highest BCUT2D eigenvalue weighted by Crippen LogP contribution is 2.43. The highest BCUT2D eigenvalue weighted by Gasteiger charge is 2.34. The van der Waals surface area contributed by atoms with E-state index in [1.165, 1.54) is 25.7 Å². The van der Waals surface area contributed by atoms with E-state index in [1.54, 1.807) is 6.07 Å². The number of nitrogens with zero attached hydrogens (tertiary/aromatic N) is 1. The molecule has 86 valence electrons. The SMILES string of the molecule is CCC1(CNCc2ccc(C#N)o2)CCC1. The number of nitrogens with one attached hydrogen (secondary N) is 1. The molecular weight excluding hydrogens is 200 g/mol. The molecule has 3 heteroatoms. The van der Waals surface area contributed by atoms with Crippen LogP contribution in [0.5, 0.6) is 0 Å². The fourth-order valence-electron chi connectivity index (χ4n) is 2.32. The first-order valence-electron chi connectivity index (χ1n) is 5.97. The monoisotopic (exact) mass is 218 g/mol. The van der Waals surface area contributed by atoms with Gasteiger partial charge in [-0.05, 0) is 36.8 Å². The van der Waals surface area contributed by atoms with Gasteiger partial charge in [-0.2, -0.15) is 5.26 Å². The summed E-state index contributed by atoms with van der Waals surface area (Å²) in [5, 5.41) is 12.1. The maximum absolute atomic E-state index is 8.63.